The zero-order valence-electron chi connectivity index (χ0n) is 17.0. The van der Waals surface area contributed by atoms with Crippen molar-refractivity contribution in [2.75, 3.05) is 31.5 Å². The zero-order valence-corrected chi connectivity index (χ0v) is 19.5. The monoisotopic (exact) mass is 501 g/mol. The maximum absolute atomic E-state index is 13.6. The fraction of sp³-hybridized carbons (Fsp3) is 0.208. The summed E-state index contributed by atoms with van der Waals surface area (Å²) < 4.78 is 12.6. The molecule has 7 heteroatoms. The molecule has 5 rings (SSSR count). The summed E-state index contributed by atoms with van der Waals surface area (Å²) in [6, 6.07) is 15.1. The van der Waals surface area contributed by atoms with E-state index in [0.29, 0.717) is 18.2 Å². The molecular formula is C24H20ClNO4Se. The first-order valence-corrected chi connectivity index (χ1v) is 12.1. The van der Waals surface area contributed by atoms with Gasteiger partial charge in [-0.15, -0.1) is 0 Å². The number of anilines is 1. The first-order chi connectivity index (χ1) is 15.0. The van der Waals surface area contributed by atoms with Crippen molar-refractivity contribution >= 4 is 58.1 Å². The Morgan fingerprint density at radius 3 is 2.58 bits per heavy atom. The number of nitrogens with zero attached hydrogens (tertiary/aromatic N) is 1. The van der Waals surface area contributed by atoms with Crippen LogP contribution in [0.25, 0.3) is 20.4 Å². The summed E-state index contributed by atoms with van der Waals surface area (Å²) in [6.45, 7) is 0.487. The number of carbonyl (C=O) groups is 1. The number of halogens is 1. The number of hydrogen-bond acceptors (Lipinski definition) is 4. The molecule has 1 atom stereocenters. The number of fused-ring (bicyclic) bond motifs is 4. The molecule has 0 spiro atoms. The molecular weight excluding hydrogens is 481 g/mol. The van der Waals surface area contributed by atoms with E-state index in [1.807, 2.05) is 42.5 Å². The minimum atomic E-state index is -0.0833. The number of phenolic OH excluding ortho intramolecular Hbond substituents is 1. The summed E-state index contributed by atoms with van der Waals surface area (Å²) in [7, 11) is 3.25. The molecule has 0 aliphatic carbocycles. The van der Waals surface area contributed by atoms with Crippen LogP contribution in [-0.2, 0) is 0 Å². The van der Waals surface area contributed by atoms with Gasteiger partial charge in [0.2, 0.25) is 0 Å². The molecule has 0 saturated carbocycles. The Morgan fingerprint density at radius 1 is 1.10 bits per heavy atom. The molecule has 1 unspecified atom stereocenters. The van der Waals surface area contributed by atoms with Crippen LogP contribution in [0.3, 0.4) is 0 Å². The van der Waals surface area contributed by atoms with Crippen molar-refractivity contribution in [3.8, 4) is 17.2 Å². The molecule has 31 heavy (non-hydrogen) atoms. The standard InChI is InChI=1S/C24H20ClNO4Se/c1-29-15-4-6-21-13(7-15)8-22(31-21)24(28)26-12-14(11-25)23-18-9-16(30-2)3-5-17(18)20(27)10-19(23)26/h3-10,14,27H,11-12H2,1-2H3. The predicted molar refractivity (Wildman–Crippen MR) is 125 cm³/mol. The van der Waals surface area contributed by atoms with Crippen LogP contribution in [0.5, 0.6) is 17.2 Å². The Balaban J connectivity index is 1.63. The van der Waals surface area contributed by atoms with E-state index in [1.54, 1.807) is 25.2 Å². The normalized spacial score (nSPS) is 15.5. The molecule has 1 N–H and O–H groups in total. The van der Waals surface area contributed by atoms with Gasteiger partial charge in [0.25, 0.3) is 0 Å². The molecule has 1 aliphatic rings. The van der Waals surface area contributed by atoms with Crippen LogP contribution in [0.4, 0.5) is 5.69 Å². The van der Waals surface area contributed by atoms with Gasteiger partial charge in [0, 0.05) is 0 Å². The number of alkyl halides is 1. The van der Waals surface area contributed by atoms with Crippen LogP contribution in [-0.4, -0.2) is 52.2 Å². The molecule has 0 saturated heterocycles. The van der Waals surface area contributed by atoms with E-state index < -0.39 is 0 Å². The fourth-order valence-corrected chi connectivity index (χ4v) is 6.62. The number of phenols is 1. The van der Waals surface area contributed by atoms with E-state index in [4.69, 9.17) is 21.1 Å². The average Bonchev–Trinajstić information content (AvgIpc) is 3.39. The predicted octanol–water partition coefficient (Wildman–Crippen LogP) is 4.76. The minimum absolute atomic E-state index is 0.0206. The molecule has 0 bridgehead atoms. The Morgan fingerprint density at radius 2 is 1.84 bits per heavy atom. The van der Waals surface area contributed by atoms with Gasteiger partial charge in [-0.25, -0.2) is 0 Å². The number of carbonyl (C=O) groups excluding carboxylic acids is 1. The zero-order chi connectivity index (χ0) is 21.7. The van der Waals surface area contributed by atoms with E-state index in [1.165, 1.54) is 0 Å². The fourth-order valence-electron chi connectivity index (χ4n) is 4.29. The third kappa shape index (κ3) is 3.26. The van der Waals surface area contributed by atoms with Gasteiger partial charge in [0.15, 0.2) is 0 Å². The van der Waals surface area contributed by atoms with Crippen molar-refractivity contribution < 1.29 is 19.4 Å². The van der Waals surface area contributed by atoms with Gasteiger partial charge in [-0.3, -0.25) is 0 Å². The number of benzene rings is 3. The second kappa shape index (κ2) is 7.79. The SMILES string of the molecule is COc1ccc2[se]c(C(=O)N3CC(CCl)c4c3cc(O)c3ccc(OC)cc43)cc2c1. The summed E-state index contributed by atoms with van der Waals surface area (Å²) in [5.74, 6) is 1.94. The topological polar surface area (TPSA) is 59.0 Å². The van der Waals surface area contributed by atoms with Gasteiger partial charge in [-0.2, -0.15) is 0 Å². The molecule has 1 aliphatic heterocycles. The van der Waals surface area contributed by atoms with E-state index in [2.05, 4.69) is 0 Å². The first-order valence-electron chi connectivity index (χ1n) is 9.83. The van der Waals surface area contributed by atoms with Gasteiger partial charge in [-0.05, 0) is 0 Å². The quantitative estimate of drug-likeness (QED) is 0.324. The third-order valence-corrected chi connectivity index (χ3v) is 8.50. The number of methoxy groups -OCH3 is 2. The average molecular weight is 501 g/mol. The molecule has 4 aromatic rings. The van der Waals surface area contributed by atoms with Crippen molar-refractivity contribution in [2.45, 2.75) is 5.92 Å². The van der Waals surface area contributed by atoms with Crippen molar-refractivity contribution in [1.82, 2.24) is 0 Å². The Labute approximate surface area is 190 Å². The van der Waals surface area contributed by atoms with E-state index in [-0.39, 0.29) is 32.1 Å². The van der Waals surface area contributed by atoms with Crippen LogP contribution in [0.1, 0.15) is 20.7 Å². The molecule has 3 aromatic carbocycles. The molecule has 0 fully saturated rings. The first kappa shape index (κ1) is 20.3. The summed E-state index contributed by atoms with van der Waals surface area (Å²) in [4.78, 5) is 15.3. The summed E-state index contributed by atoms with van der Waals surface area (Å²) in [6.07, 6.45) is 0. The molecule has 2 heterocycles. The molecule has 0 radical (unpaired) electrons. The maximum atomic E-state index is 13.6. The van der Waals surface area contributed by atoms with Gasteiger partial charge in [0.05, 0.1) is 0 Å². The summed E-state index contributed by atoms with van der Waals surface area (Å²) in [5.41, 5.74) is 1.71. The summed E-state index contributed by atoms with van der Waals surface area (Å²) in [5, 5.41) is 13.3. The van der Waals surface area contributed by atoms with Gasteiger partial charge in [0.1, 0.15) is 0 Å². The van der Waals surface area contributed by atoms with Crippen LogP contribution in [0.15, 0.2) is 48.5 Å². The van der Waals surface area contributed by atoms with Crippen molar-refractivity contribution in [3.63, 3.8) is 0 Å². The van der Waals surface area contributed by atoms with E-state index in [9.17, 15) is 9.90 Å². The summed E-state index contributed by atoms with van der Waals surface area (Å²) >= 11 is 6.25. The van der Waals surface area contributed by atoms with Gasteiger partial charge < -0.3 is 0 Å². The van der Waals surface area contributed by atoms with Crippen molar-refractivity contribution in [3.05, 3.63) is 58.5 Å². The van der Waals surface area contributed by atoms with Crippen molar-refractivity contribution in [2.24, 2.45) is 0 Å². The Hall–Kier alpha value is -2.66. The number of aromatic hydroxyl groups is 1. The number of rotatable bonds is 4. The van der Waals surface area contributed by atoms with Crippen LogP contribution >= 0.6 is 11.6 Å². The van der Waals surface area contributed by atoms with E-state index >= 15 is 0 Å². The molecule has 1 aromatic heterocycles. The number of amides is 1. The van der Waals surface area contributed by atoms with Crippen LogP contribution in [0, 0.1) is 0 Å². The molecule has 5 nitrogen and oxygen atoms in total. The number of ether oxygens (including phenoxy) is 2. The third-order valence-electron chi connectivity index (χ3n) is 5.81. The van der Waals surface area contributed by atoms with Crippen LogP contribution in [0.2, 0.25) is 0 Å². The second-order valence-electron chi connectivity index (χ2n) is 7.52. The Bertz CT molecular complexity index is 1330. The van der Waals surface area contributed by atoms with Gasteiger partial charge in [-0.1, -0.05) is 0 Å². The Kier molecular flexibility index (Phi) is 5.09. The van der Waals surface area contributed by atoms with Crippen molar-refractivity contribution in [1.29, 1.82) is 0 Å². The molecule has 158 valence electrons. The van der Waals surface area contributed by atoms with Gasteiger partial charge >= 0.3 is 191 Å². The number of hydrogen-bond donors (Lipinski definition) is 1. The molecule has 1 amide bonds. The second-order valence-corrected chi connectivity index (χ2v) is 10.1. The van der Waals surface area contributed by atoms with E-state index in [0.717, 1.165) is 41.9 Å². The van der Waals surface area contributed by atoms with Crippen LogP contribution < -0.4 is 14.4 Å².